The maximum absolute atomic E-state index is 13.2. The van der Waals surface area contributed by atoms with Crippen LogP contribution in [0.3, 0.4) is 0 Å². The molecule has 32 heavy (non-hydrogen) atoms. The lowest BCUT2D eigenvalue weighted by Crippen LogP contribution is -2.38. The van der Waals surface area contributed by atoms with Crippen LogP contribution in [0.4, 0.5) is 4.39 Å². The van der Waals surface area contributed by atoms with Crippen molar-refractivity contribution in [2.45, 2.75) is 31.6 Å². The summed E-state index contributed by atoms with van der Waals surface area (Å²) in [6.45, 7) is 1.59. The number of likely N-dealkylation sites (tertiary alicyclic amines) is 1. The molecular weight excluding hydrogens is 411 g/mol. The van der Waals surface area contributed by atoms with Gasteiger partial charge in [-0.3, -0.25) is 14.6 Å². The molecule has 0 saturated carbocycles. The van der Waals surface area contributed by atoms with Gasteiger partial charge in [-0.25, -0.2) is 9.37 Å². The van der Waals surface area contributed by atoms with Crippen molar-refractivity contribution in [3.63, 3.8) is 0 Å². The van der Waals surface area contributed by atoms with Crippen LogP contribution in [0.15, 0.2) is 59.5 Å². The number of nitrogens with zero attached hydrogens (tertiary/aromatic N) is 3. The zero-order valence-electron chi connectivity index (χ0n) is 17.7. The van der Waals surface area contributed by atoms with E-state index in [4.69, 9.17) is 4.74 Å². The monoisotopic (exact) mass is 436 g/mol. The SMILES string of the molecule is O=C(CCCOc1cccc(F)c1)N1CCC(c2nc(-c3ccccn3)cc(=O)[nH]2)CC1. The van der Waals surface area contributed by atoms with Gasteiger partial charge in [-0.2, -0.15) is 0 Å². The van der Waals surface area contributed by atoms with Gasteiger partial charge in [-0.1, -0.05) is 12.1 Å². The number of hydrogen-bond acceptors (Lipinski definition) is 5. The second-order valence-electron chi connectivity index (χ2n) is 7.80. The summed E-state index contributed by atoms with van der Waals surface area (Å²) < 4.78 is 18.7. The molecule has 7 nitrogen and oxygen atoms in total. The first-order chi connectivity index (χ1) is 15.6. The van der Waals surface area contributed by atoms with Gasteiger partial charge in [0.1, 0.15) is 17.4 Å². The Bertz CT molecular complexity index is 1110. The lowest BCUT2D eigenvalue weighted by molar-refractivity contribution is -0.132. The molecule has 1 N–H and O–H groups in total. The van der Waals surface area contributed by atoms with Crippen LogP contribution in [-0.4, -0.2) is 45.5 Å². The molecule has 4 rings (SSSR count). The number of nitrogens with one attached hydrogen (secondary N) is 1. The summed E-state index contributed by atoms with van der Waals surface area (Å²) in [6, 6.07) is 12.9. The van der Waals surface area contributed by atoms with E-state index in [0.29, 0.717) is 55.5 Å². The van der Waals surface area contributed by atoms with Crippen LogP contribution in [0.25, 0.3) is 11.4 Å². The predicted molar refractivity (Wildman–Crippen MR) is 118 cm³/mol. The smallest absolute Gasteiger partial charge is 0.251 e. The molecule has 0 unspecified atom stereocenters. The zero-order chi connectivity index (χ0) is 22.3. The van der Waals surface area contributed by atoms with Gasteiger partial charge in [0.25, 0.3) is 5.56 Å². The number of aromatic amines is 1. The molecule has 1 aromatic carbocycles. The number of amides is 1. The molecule has 3 aromatic rings. The number of hydrogen-bond donors (Lipinski definition) is 1. The molecule has 1 fully saturated rings. The summed E-state index contributed by atoms with van der Waals surface area (Å²) >= 11 is 0. The minimum atomic E-state index is -0.345. The van der Waals surface area contributed by atoms with Crippen molar-refractivity contribution < 1.29 is 13.9 Å². The lowest BCUT2D eigenvalue weighted by atomic mass is 9.95. The average Bonchev–Trinajstić information content (AvgIpc) is 2.82. The van der Waals surface area contributed by atoms with Crippen LogP contribution in [0.1, 0.15) is 37.4 Å². The Kier molecular flexibility index (Phi) is 6.89. The third kappa shape index (κ3) is 5.57. The van der Waals surface area contributed by atoms with E-state index in [2.05, 4.69) is 15.0 Å². The fourth-order valence-corrected chi connectivity index (χ4v) is 3.85. The molecule has 0 radical (unpaired) electrons. The minimum Gasteiger partial charge on any atom is -0.493 e. The number of ether oxygens (including phenoxy) is 1. The molecule has 166 valence electrons. The number of aromatic nitrogens is 3. The Balaban J connectivity index is 1.27. The number of benzene rings is 1. The second-order valence-corrected chi connectivity index (χ2v) is 7.80. The summed E-state index contributed by atoms with van der Waals surface area (Å²) in [7, 11) is 0. The third-order valence-corrected chi connectivity index (χ3v) is 5.52. The van der Waals surface area contributed by atoms with E-state index in [1.807, 2.05) is 23.1 Å². The summed E-state index contributed by atoms with van der Waals surface area (Å²) in [5, 5.41) is 0. The van der Waals surface area contributed by atoms with Crippen molar-refractivity contribution in [2.24, 2.45) is 0 Å². The van der Waals surface area contributed by atoms with E-state index in [9.17, 15) is 14.0 Å². The van der Waals surface area contributed by atoms with Crippen molar-refractivity contribution in [3.05, 3.63) is 76.7 Å². The molecule has 1 aliphatic rings. The van der Waals surface area contributed by atoms with Crippen LogP contribution in [0.2, 0.25) is 0 Å². The largest absolute Gasteiger partial charge is 0.493 e. The second kappa shape index (κ2) is 10.2. The Hall–Kier alpha value is -3.55. The fourth-order valence-electron chi connectivity index (χ4n) is 3.85. The van der Waals surface area contributed by atoms with E-state index >= 15 is 0 Å². The molecular formula is C24H25FN4O3. The van der Waals surface area contributed by atoms with Crippen molar-refractivity contribution in [1.82, 2.24) is 19.9 Å². The highest BCUT2D eigenvalue weighted by molar-refractivity contribution is 5.76. The van der Waals surface area contributed by atoms with Crippen LogP contribution in [-0.2, 0) is 4.79 Å². The molecule has 3 heterocycles. The van der Waals surface area contributed by atoms with E-state index in [1.165, 1.54) is 18.2 Å². The first-order valence-corrected chi connectivity index (χ1v) is 10.8. The predicted octanol–water partition coefficient (Wildman–Crippen LogP) is 3.54. The van der Waals surface area contributed by atoms with Crippen molar-refractivity contribution in [2.75, 3.05) is 19.7 Å². The molecule has 0 aliphatic carbocycles. The van der Waals surface area contributed by atoms with Gasteiger partial charge in [0, 0.05) is 43.8 Å². The maximum atomic E-state index is 13.2. The topological polar surface area (TPSA) is 88.2 Å². The van der Waals surface area contributed by atoms with Crippen LogP contribution in [0, 0.1) is 5.82 Å². The molecule has 1 saturated heterocycles. The molecule has 1 aliphatic heterocycles. The standard InChI is InChI=1S/C24H25FN4O3/c25-18-5-3-6-19(15-18)32-14-4-8-23(31)29-12-9-17(10-13-29)24-27-21(16-22(30)28-24)20-7-1-2-11-26-20/h1-3,5-7,11,15-17H,4,8-10,12-14H2,(H,27,28,30). The van der Waals surface area contributed by atoms with Gasteiger partial charge in [0.15, 0.2) is 0 Å². The number of rotatable bonds is 7. The molecule has 2 aromatic heterocycles. The van der Waals surface area contributed by atoms with Gasteiger partial charge in [-0.05, 0) is 43.5 Å². The lowest BCUT2D eigenvalue weighted by Gasteiger charge is -2.31. The number of H-pyrrole nitrogens is 1. The van der Waals surface area contributed by atoms with E-state index in [0.717, 1.165) is 12.8 Å². The van der Waals surface area contributed by atoms with Gasteiger partial charge in [0.2, 0.25) is 5.91 Å². The van der Waals surface area contributed by atoms with Gasteiger partial charge in [0.05, 0.1) is 18.0 Å². The highest BCUT2D eigenvalue weighted by atomic mass is 19.1. The molecule has 1 amide bonds. The summed E-state index contributed by atoms with van der Waals surface area (Å²) in [5.41, 5.74) is 1.02. The van der Waals surface area contributed by atoms with E-state index in [-0.39, 0.29) is 23.2 Å². The molecule has 0 atom stereocenters. The van der Waals surface area contributed by atoms with Gasteiger partial charge in [-0.15, -0.1) is 0 Å². The first kappa shape index (κ1) is 21.7. The van der Waals surface area contributed by atoms with Crippen molar-refractivity contribution >= 4 is 5.91 Å². The van der Waals surface area contributed by atoms with Gasteiger partial charge < -0.3 is 14.6 Å². The molecule has 0 spiro atoms. The minimum absolute atomic E-state index is 0.0787. The number of carbonyl (C=O) groups excluding carboxylic acids is 1. The molecule has 8 heteroatoms. The first-order valence-electron chi connectivity index (χ1n) is 10.8. The highest BCUT2D eigenvalue weighted by Crippen LogP contribution is 2.26. The summed E-state index contributed by atoms with van der Waals surface area (Å²) in [5.74, 6) is 0.936. The summed E-state index contributed by atoms with van der Waals surface area (Å²) in [6.07, 6.45) is 4.09. The van der Waals surface area contributed by atoms with E-state index < -0.39 is 0 Å². The maximum Gasteiger partial charge on any atom is 0.251 e. The quantitative estimate of drug-likeness (QED) is 0.573. The Labute approximate surface area is 185 Å². The zero-order valence-corrected chi connectivity index (χ0v) is 17.7. The Morgan fingerprint density at radius 3 is 2.72 bits per heavy atom. The Morgan fingerprint density at radius 1 is 1.12 bits per heavy atom. The number of piperidine rings is 1. The molecule has 0 bridgehead atoms. The number of halogens is 1. The van der Waals surface area contributed by atoms with Crippen LogP contribution >= 0.6 is 0 Å². The van der Waals surface area contributed by atoms with Crippen molar-refractivity contribution in [1.29, 1.82) is 0 Å². The van der Waals surface area contributed by atoms with Gasteiger partial charge >= 0.3 is 0 Å². The fraction of sp³-hybridized carbons (Fsp3) is 0.333. The van der Waals surface area contributed by atoms with Crippen LogP contribution in [0.5, 0.6) is 5.75 Å². The van der Waals surface area contributed by atoms with Crippen molar-refractivity contribution in [3.8, 4) is 17.1 Å². The number of carbonyl (C=O) groups is 1. The summed E-state index contributed by atoms with van der Waals surface area (Å²) in [4.78, 5) is 38.3. The normalized spacial score (nSPS) is 14.3. The third-order valence-electron chi connectivity index (χ3n) is 5.52. The number of pyridine rings is 1. The van der Waals surface area contributed by atoms with E-state index in [1.54, 1.807) is 18.3 Å². The Morgan fingerprint density at radius 2 is 1.97 bits per heavy atom. The average molecular weight is 436 g/mol. The van der Waals surface area contributed by atoms with Crippen LogP contribution < -0.4 is 10.3 Å². The highest BCUT2D eigenvalue weighted by Gasteiger charge is 2.25.